The Bertz CT molecular complexity index is 1320. The van der Waals surface area contributed by atoms with Gasteiger partial charge in [-0.3, -0.25) is 9.36 Å². The number of para-hydroxylation sites is 2. The number of carbonyl (C=O) groups excluding carboxylic acids is 2. The summed E-state index contributed by atoms with van der Waals surface area (Å²) in [5, 5.41) is 22.3. The number of amides is 1. The molecule has 2 N–H and O–H groups in total. The number of hydrogen-bond acceptors (Lipinski definition) is 7. The fourth-order valence-corrected chi connectivity index (χ4v) is 4.17. The number of carbonyl (C=O) groups is 2. The number of esters is 1. The standard InChI is InChI=1S/C27H26N4O4S/c1-2-3-17-35-26(34)19-13-15-20(16-14-19)28-24(33)18-36-27-30-29-25(22-11-7-8-12-23(22)32)31(27)21-9-5-4-6-10-21/h4-16,32H,2-3,17-18H2,1H3,(H,28,33). The second-order valence-electron chi connectivity index (χ2n) is 7.90. The maximum absolute atomic E-state index is 12.6. The molecule has 9 heteroatoms. The fraction of sp³-hybridized carbons (Fsp3) is 0.185. The Labute approximate surface area is 213 Å². The van der Waals surface area contributed by atoms with Crippen LogP contribution >= 0.6 is 11.8 Å². The molecule has 3 aromatic carbocycles. The van der Waals surface area contributed by atoms with Gasteiger partial charge in [0.25, 0.3) is 0 Å². The molecule has 0 bridgehead atoms. The largest absolute Gasteiger partial charge is 0.507 e. The molecule has 0 aliphatic carbocycles. The minimum absolute atomic E-state index is 0.0898. The van der Waals surface area contributed by atoms with Crippen LogP contribution in [0.15, 0.2) is 84.0 Å². The average molecular weight is 503 g/mol. The van der Waals surface area contributed by atoms with Crippen LogP contribution in [0.1, 0.15) is 30.1 Å². The number of aromatic hydroxyl groups is 1. The second-order valence-corrected chi connectivity index (χ2v) is 8.84. The SMILES string of the molecule is CCCCOC(=O)c1ccc(NC(=O)CSc2nnc(-c3ccccc3O)n2-c2ccccc2)cc1. The zero-order chi connectivity index (χ0) is 25.3. The summed E-state index contributed by atoms with van der Waals surface area (Å²) in [6.45, 7) is 2.42. The zero-order valence-corrected chi connectivity index (χ0v) is 20.6. The quantitative estimate of drug-likeness (QED) is 0.172. The Hall–Kier alpha value is -4.11. The van der Waals surface area contributed by atoms with Crippen LogP contribution in [0.25, 0.3) is 17.1 Å². The summed E-state index contributed by atoms with van der Waals surface area (Å²) >= 11 is 1.23. The fourth-order valence-electron chi connectivity index (χ4n) is 3.42. The smallest absolute Gasteiger partial charge is 0.338 e. The van der Waals surface area contributed by atoms with Gasteiger partial charge >= 0.3 is 5.97 Å². The van der Waals surface area contributed by atoms with E-state index in [1.54, 1.807) is 42.5 Å². The third-order valence-corrected chi connectivity index (χ3v) is 6.19. The lowest BCUT2D eigenvalue weighted by atomic mass is 10.2. The molecule has 0 unspecified atom stereocenters. The third-order valence-electron chi connectivity index (χ3n) is 5.26. The van der Waals surface area contributed by atoms with E-state index in [9.17, 15) is 14.7 Å². The van der Waals surface area contributed by atoms with E-state index < -0.39 is 0 Å². The summed E-state index contributed by atoms with van der Waals surface area (Å²) in [5.74, 6) is 0.0482. The number of hydrogen-bond donors (Lipinski definition) is 2. The minimum atomic E-state index is -0.377. The predicted octanol–water partition coefficient (Wildman–Crippen LogP) is 5.33. The zero-order valence-electron chi connectivity index (χ0n) is 19.8. The van der Waals surface area contributed by atoms with Crippen LogP contribution < -0.4 is 5.32 Å². The molecule has 1 heterocycles. The van der Waals surface area contributed by atoms with Gasteiger partial charge < -0.3 is 15.2 Å². The number of benzene rings is 3. The molecule has 0 fully saturated rings. The molecule has 1 amide bonds. The van der Waals surface area contributed by atoms with Gasteiger partial charge in [-0.15, -0.1) is 10.2 Å². The Balaban J connectivity index is 1.45. The van der Waals surface area contributed by atoms with Crippen molar-refractivity contribution in [2.45, 2.75) is 24.9 Å². The lowest BCUT2D eigenvalue weighted by Gasteiger charge is -2.11. The van der Waals surface area contributed by atoms with Crippen molar-refractivity contribution in [3.05, 3.63) is 84.4 Å². The van der Waals surface area contributed by atoms with Gasteiger partial charge in [0.05, 0.1) is 23.5 Å². The molecule has 0 aliphatic rings. The van der Waals surface area contributed by atoms with Gasteiger partial charge in [-0.1, -0.05) is 55.4 Å². The molecule has 0 atom stereocenters. The van der Waals surface area contributed by atoms with E-state index in [2.05, 4.69) is 15.5 Å². The van der Waals surface area contributed by atoms with E-state index in [0.29, 0.717) is 34.4 Å². The monoisotopic (exact) mass is 502 g/mol. The molecule has 184 valence electrons. The summed E-state index contributed by atoms with van der Waals surface area (Å²) in [5.41, 5.74) is 2.36. The van der Waals surface area contributed by atoms with Gasteiger partial charge in [0.1, 0.15) is 5.75 Å². The highest BCUT2D eigenvalue weighted by Crippen LogP contribution is 2.32. The topological polar surface area (TPSA) is 106 Å². The molecule has 8 nitrogen and oxygen atoms in total. The molecule has 0 aliphatic heterocycles. The maximum atomic E-state index is 12.6. The highest BCUT2D eigenvalue weighted by Gasteiger charge is 2.19. The number of phenolic OH excluding ortho intramolecular Hbond substituents is 1. The molecule has 0 radical (unpaired) electrons. The van der Waals surface area contributed by atoms with Crippen LogP contribution in [0.4, 0.5) is 5.69 Å². The van der Waals surface area contributed by atoms with Crippen molar-refractivity contribution in [3.63, 3.8) is 0 Å². The van der Waals surface area contributed by atoms with Gasteiger partial charge in [0.15, 0.2) is 11.0 Å². The van der Waals surface area contributed by atoms with E-state index in [0.717, 1.165) is 18.5 Å². The molecule has 4 aromatic rings. The van der Waals surface area contributed by atoms with Gasteiger partial charge in [-0.25, -0.2) is 4.79 Å². The number of rotatable bonds is 10. The number of nitrogens with zero attached hydrogens (tertiary/aromatic N) is 3. The van der Waals surface area contributed by atoms with Crippen LogP contribution in [-0.2, 0) is 9.53 Å². The summed E-state index contributed by atoms with van der Waals surface area (Å²) in [4.78, 5) is 24.7. The highest BCUT2D eigenvalue weighted by molar-refractivity contribution is 7.99. The molecule has 0 saturated carbocycles. The highest BCUT2D eigenvalue weighted by atomic mass is 32.2. The van der Waals surface area contributed by atoms with E-state index in [1.165, 1.54) is 11.8 Å². The van der Waals surface area contributed by atoms with Crippen LogP contribution in [0.3, 0.4) is 0 Å². The molecule has 1 aromatic heterocycles. The molecular formula is C27H26N4O4S. The van der Waals surface area contributed by atoms with Crippen molar-refractivity contribution in [1.82, 2.24) is 14.8 Å². The predicted molar refractivity (Wildman–Crippen MR) is 139 cm³/mol. The van der Waals surface area contributed by atoms with Crippen LogP contribution in [0.5, 0.6) is 5.75 Å². The van der Waals surface area contributed by atoms with Crippen LogP contribution in [-0.4, -0.2) is 44.1 Å². The van der Waals surface area contributed by atoms with Gasteiger partial charge in [0, 0.05) is 11.4 Å². The summed E-state index contributed by atoms with van der Waals surface area (Å²) in [7, 11) is 0. The van der Waals surface area contributed by atoms with E-state index >= 15 is 0 Å². The van der Waals surface area contributed by atoms with Crippen molar-refractivity contribution in [3.8, 4) is 22.8 Å². The first-order chi connectivity index (χ1) is 17.6. The molecular weight excluding hydrogens is 476 g/mol. The van der Waals surface area contributed by atoms with Crippen molar-refractivity contribution in [2.24, 2.45) is 0 Å². The lowest BCUT2D eigenvalue weighted by Crippen LogP contribution is -2.15. The Morgan fingerprint density at radius 3 is 2.42 bits per heavy atom. The number of phenols is 1. The minimum Gasteiger partial charge on any atom is -0.507 e. The van der Waals surface area contributed by atoms with E-state index in [-0.39, 0.29) is 23.4 Å². The number of aromatic nitrogens is 3. The first-order valence-electron chi connectivity index (χ1n) is 11.6. The number of anilines is 1. The molecule has 4 rings (SSSR count). The summed E-state index contributed by atoms with van der Waals surface area (Å²) in [6.07, 6.45) is 1.78. The van der Waals surface area contributed by atoms with Crippen LogP contribution in [0.2, 0.25) is 0 Å². The van der Waals surface area contributed by atoms with E-state index in [1.807, 2.05) is 47.9 Å². The van der Waals surface area contributed by atoms with Gasteiger partial charge in [-0.2, -0.15) is 0 Å². The maximum Gasteiger partial charge on any atom is 0.338 e. The average Bonchev–Trinajstić information content (AvgIpc) is 3.32. The first-order valence-corrected chi connectivity index (χ1v) is 12.5. The Morgan fingerprint density at radius 2 is 1.69 bits per heavy atom. The summed E-state index contributed by atoms with van der Waals surface area (Å²) in [6, 6.07) is 23.0. The van der Waals surface area contributed by atoms with Crippen molar-refractivity contribution in [1.29, 1.82) is 0 Å². The Morgan fingerprint density at radius 1 is 0.972 bits per heavy atom. The van der Waals surface area contributed by atoms with Gasteiger partial charge in [0.2, 0.25) is 5.91 Å². The Kier molecular flexibility index (Phi) is 8.36. The van der Waals surface area contributed by atoms with Crippen LogP contribution in [0, 0.1) is 0 Å². The van der Waals surface area contributed by atoms with Crippen molar-refractivity contribution >= 4 is 29.3 Å². The lowest BCUT2D eigenvalue weighted by molar-refractivity contribution is -0.113. The summed E-state index contributed by atoms with van der Waals surface area (Å²) < 4.78 is 7.02. The second kappa shape index (κ2) is 12.0. The van der Waals surface area contributed by atoms with Crippen molar-refractivity contribution < 1.29 is 19.4 Å². The van der Waals surface area contributed by atoms with Crippen molar-refractivity contribution in [2.75, 3.05) is 17.7 Å². The third kappa shape index (κ3) is 6.11. The number of nitrogens with one attached hydrogen (secondary N) is 1. The van der Waals surface area contributed by atoms with E-state index in [4.69, 9.17) is 4.74 Å². The number of thioether (sulfide) groups is 1. The number of ether oxygens (including phenoxy) is 1. The number of unbranched alkanes of at least 4 members (excludes halogenated alkanes) is 1. The van der Waals surface area contributed by atoms with Gasteiger partial charge in [-0.05, 0) is 55.0 Å². The molecule has 0 saturated heterocycles. The molecule has 36 heavy (non-hydrogen) atoms. The molecule has 0 spiro atoms. The first kappa shape index (κ1) is 25.0. The normalized spacial score (nSPS) is 10.7.